The van der Waals surface area contributed by atoms with Crippen LogP contribution in [0.1, 0.15) is 76.4 Å². The van der Waals surface area contributed by atoms with E-state index >= 15 is 4.79 Å². The van der Waals surface area contributed by atoms with Crippen molar-refractivity contribution < 1.29 is 100.0 Å². The van der Waals surface area contributed by atoms with Crippen LogP contribution in [0.2, 0.25) is 5.04 Å². The highest BCUT2D eigenvalue weighted by Gasteiger charge is 2.61. The zero-order chi connectivity index (χ0) is 95.3. The van der Waals surface area contributed by atoms with Gasteiger partial charge in [0.05, 0.1) is 92.5 Å². The molecule has 3 N–H and O–H groups in total. The molecule has 0 aliphatic carbocycles. The van der Waals surface area contributed by atoms with E-state index in [-0.39, 0.29) is 85.9 Å². The van der Waals surface area contributed by atoms with E-state index in [0.717, 1.165) is 66.0 Å². The summed E-state index contributed by atoms with van der Waals surface area (Å²) < 4.78 is 130. The number of amides is 1. The Kier molecular flexibility index (Phi) is 37.2. The van der Waals surface area contributed by atoms with E-state index in [0.29, 0.717) is 0 Å². The third-order valence-corrected chi connectivity index (χ3v) is 30.4. The maximum absolute atomic E-state index is 15.4. The Morgan fingerprint density at radius 2 is 0.529 bits per heavy atom. The van der Waals surface area contributed by atoms with Gasteiger partial charge in [0.2, 0.25) is 0 Å². The van der Waals surface area contributed by atoms with Crippen molar-refractivity contribution in [1.82, 2.24) is 5.32 Å². The fourth-order valence-corrected chi connectivity index (χ4v) is 22.7. The van der Waals surface area contributed by atoms with Gasteiger partial charge in [0, 0.05) is 0 Å². The maximum atomic E-state index is 15.4. The van der Waals surface area contributed by atoms with Crippen molar-refractivity contribution in [1.29, 1.82) is 0 Å². The van der Waals surface area contributed by atoms with Crippen LogP contribution in [0.4, 0.5) is 0 Å². The zero-order valence-corrected chi connectivity index (χ0v) is 80.6. The van der Waals surface area contributed by atoms with Crippen LogP contribution in [-0.2, 0) is 156 Å². The van der Waals surface area contributed by atoms with Crippen molar-refractivity contribution in [2.24, 2.45) is 0 Å². The zero-order valence-electron chi connectivity index (χ0n) is 77.4. The maximum Gasteiger partial charge on any atom is 0.272 e. The second-order valence-corrected chi connectivity index (χ2v) is 42.3. The van der Waals surface area contributed by atoms with Crippen molar-refractivity contribution in [2.75, 3.05) is 26.4 Å². The van der Waals surface area contributed by atoms with Gasteiger partial charge in [-0.25, -0.2) is 0 Å². The van der Waals surface area contributed by atoms with E-state index < -0.39 is 152 Å². The van der Waals surface area contributed by atoms with Gasteiger partial charge < -0.3 is 100 Å². The van der Waals surface area contributed by atoms with Crippen LogP contribution >= 0.6 is 34.8 Å². The number of carbonyl (C=O) groups is 1. The van der Waals surface area contributed by atoms with E-state index in [9.17, 15) is 10.2 Å². The molecule has 0 radical (unpaired) electrons. The van der Waals surface area contributed by atoms with E-state index in [1.807, 2.05) is 364 Å². The molecule has 26 heteroatoms. The molecule has 0 spiro atoms. The van der Waals surface area contributed by atoms with Crippen molar-refractivity contribution in [3.63, 3.8) is 0 Å². The van der Waals surface area contributed by atoms with Gasteiger partial charge in [-0.2, -0.15) is 0 Å². The molecule has 22 nitrogen and oxygen atoms in total. The quantitative estimate of drug-likeness (QED) is 0.0238. The summed E-state index contributed by atoms with van der Waals surface area (Å²) in [5, 5.41) is 31.6. The van der Waals surface area contributed by atoms with Gasteiger partial charge in [-0.1, -0.05) is 420 Å². The van der Waals surface area contributed by atoms with Crippen LogP contribution in [0.5, 0.6) is 0 Å². The Bertz CT molecular complexity index is 5470. The first kappa shape index (κ1) is 101. The Balaban J connectivity index is 0.868. The van der Waals surface area contributed by atoms with Crippen LogP contribution < -0.4 is 15.7 Å². The van der Waals surface area contributed by atoms with Crippen molar-refractivity contribution in [3.8, 4) is 0 Å². The average Bonchev–Trinajstić information content (AvgIpc) is 0.728. The topological polar surface area (TPSA) is 236 Å². The molecule has 724 valence electrons. The lowest BCUT2D eigenvalue weighted by molar-refractivity contribution is -0.392. The minimum atomic E-state index is -3.80. The monoisotopic (exact) mass is 1950 g/mol. The first-order valence-electron chi connectivity index (χ1n) is 47.0. The molecule has 0 unspecified atom stereocenters. The van der Waals surface area contributed by atoms with Gasteiger partial charge >= 0.3 is 0 Å². The molecule has 4 heterocycles. The third-order valence-electron chi connectivity index (χ3n) is 24.9. The number of halogens is 3. The van der Waals surface area contributed by atoms with E-state index in [4.69, 9.17) is 120 Å². The number of ether oxygens (including phenoxy) is 17. The van der Waals surface area contributed by atoms with Crippen molar-refractivity contribution in [3.05, 3.63) is 420 Å². The summed E-state index contributed by atoms with van der Waals surface area (Å²) in [6, 6.07) is 115. The molecule has 4 saturated heterocycles. The minimum Gasteiger partial charge on any atom is -0.385 e. The molecule has 0 aromatic heterocycles. The fraction of sp³-hybridized carbons (Fsp3) is 0.348. The number of aliphatic hydroxyl groups excluding tert-OH is 2. The second kappa shape index (κ2) is 50.7. The first-order valence-corrected chi connectivity index (χ1v) is 50.0. The first-order chi connectivity index (χ1) is 67.4. The highest BCUT2D eigenvalue weighted by atomic mass is 35.6. The number of benzene rings is 12. The number of alkyl halides is 3. The summed E-state index contributed by atoms with van der Waals surface area (Å²) in [6.45, 7) is 5.87. The van der Waals surface area contributed by atoms with Crippen molar-refractivity contribution >= 4 is 59.4 Å². The summed E-state index contributed by atoms with van der Waals surface area (Å²) in [5.41, 5.74) is 8.17. The van der Waals surface area contributed by atoms with E-state index in [1.54, 1.807) is 0 Å². The van der Waals surface area contributed by atoms with Gasteiger partial charge in [0.15, 0.2) is 25.2 Å². The molecule has 1 amide bonds. The third kappa shape index (κ3) is 27.6. The van der Waals surface area contributed by atoms with Crippen LogP contribution in [0.3, 0.4) is 0 Å². The van der Waals surface area contributed by atoms with Crippen LogP contribution in [0.25, 0.3) is 0 Å². The Morgan fingerprint density at radius 3 is 0.855 bits per heavy atom. The fourth-order valence-electron chi connectivity index (χ4n) is 18.0. The van der Waals surface area contributed by atoms with Gasteiger partial charge in [-0.15, -0.1) is 0 Å². The molecule has 20 atom stereocenters. The standard InChI is InChI=1S/C112H120Cl3NO21Si/c1-111(2,3)138(88-60-36-14-37-61-88,89-62-38-15-39-63-89)137-106-94(116-110(119)112(113,114)115)101(126-70-84-52-28-10-29-53-84)100(92(131-106)76-122-66-80-44-20-6-21-45-80)135-109-105(129-73-87-58-34-13-35-59-87)104(136-108-96(118)103(128-72-86-56-32-12-33-57-86)98(124-68-82-48-24-8-25-49-82)91(133-108)75-121-65-79-42-18-5-19-43-79)99(125-69-83-50-26-9-27-51-83)93(134-109)77-130-107-95(117)102(127-71-85-54-30-11-31-55-85)97(123-67-81-46-22-7-23-47-81)90(132-107)74-120-64-78-40-16-4-17-41-78/h4-63,90-109,117-118H,64-77H2,1-3H3,(H,116,119)/t90-,91-,92-,93-,94-,95+,96+,97-,98-,99-,100-,101-,102-,103-,104+,105+,106+,107+,108-,109+/m1/s1. The number of nitrogens with one attached hydrogen (secondary N) is 1. The van der Waals surface area contributed by atoms with E-state index in [1.165, 1.54) is 0 Å². The second-order valence-electron chi connectivity index (χ2n) is 35.8. The van der Waals surface area contributed by atoms with Gasteiger partial charge in [0.25, 0.3) is 18.0 Å². The summed E-state index contributed by atoms with van der Waals surface area (Å²) in [5.74, 6) is -1.04. The molecular weight excluding hydrogens is 1830 g/mol. The average molecular weight is 1950 g/mol. The predicted octanol–water partition coefficient (Wildman–Crippen LogP) is 17.6. The Hall–Kier alpha value is -9.60. The number of hydrogen-bond acceptors (Lipinski definition) is 21. The molecule has 4 aliphatic rings. The smallest absolute Gasteiger partial charge is 0.272 e. The Morgan fingerprint density at radius 1 is 0.283 bits per heavy atom. The molecule has 12 aromatic rings. The van der Waals surface area contributed by atoms with Gasteiger partial charge in [0.1, 0.15) is 97.6 Å². The van der Waals surface area contributed by atoms with Gasteiger partial charge in [-0.05, 0) is 71.0 Å². The van der Waals surface area contributed by atoms with Gasteiger partial charge in [-0.3, -0.25) is 4.79 Å². The summed E-state index contributed by atoms with van der Waals surface area (Å²) >= 11 is 20.4. The lowest BCUT2D eigenvalue weighted by Crippen LogP contribution is -2.74. The van der Waals surface area contributed by atoms with Crippen LogP contribution in [0.15, 0.2) is 364 Å². The lowest BCUT2D eigenvalue weighted by Gasteiger charge is -2.53. The number of carbonyl (C=O) groups excluding carboxylic acids is 1. The molecule has 16 rings (SSSR count). The molecule has 12 aromatic carbocycles. The molecule has 4 fully saturated rings. The minimum absolute atomic E-state index is 0.0174. The largest absolute Gasteiger partial charge is 0.385 e. The van der Waals surface area contributed by atoms with Crippen molar-refractivity contribution in [2.45, 2.75) is 218 Å². The highest BCUT2D eigenvalue weighted by Crippen LogP contribution is 2.44. The molecule has 138 heavy (non-hydrogen) atoms. The molecular formula is C112H120Cl3NO21Si. The summed E-state index contributed by atoms with van der Waals surface area (Å²) in [6.07, 6.45) is -26.1. The highest BCUT2D eigenvalue weighted by molar-refractivity contribution is 6.99. The summed E-state index contributed by atoms with van der Waals surface area (Å²) in [7, 11) is -3.80. The molecule has 0 bridgehead atoms. The Labute approximate surface area is 823 Å². The van der Waals surface area contributed by atoms with Crippen LogP contribution in [-0.4, -0.2) is 177 Å². The lowest BCUT2D eigenvalue weighted by atomic mass is 9.94. The van der Waals surface area contributed by atoms with E-state index in [2.05, 4.69) is 26.1 Å². The molecule has 0 saturated carbocycles. The number of rotatable bonds is 45. The van der Waals surface area contributed by atoms with Crippen LogP contribution in [0, 0.1) is 0 Å². The number of hydrogen-bond donors (Lipinski definition) is 3. The molecule has 4 aliphatic heterocycles. The SMILES string of the molecule is CC(C)(C)[Si](O[C@@H]1O[C@H](COCc2ccccc2)[C@@H](O[C@@H]2O[C@H](CO[C@H]3O[C@H](COCc4ccccc4)[C@@H](OCc4ccccc4)[C@H](OCc4ccccc4)[C@@H]3O)[C@@H](OCc3ccccc3)[C@H](O[C@H]3O[C@H](COCc4ccccc4)[C@@H](OCc4ccccc4)[C@H](OCc4ccccc4)[C@@H]3O)[C@@H]2OCc2ccccc2)[C@H](OCc2ccccc2)[C@H]1NC(=O)C(Cl)(Cl)Cl)(c1ccccc1)c1ccccc1. The summed E-state index contributed by atoms with van der Waals surface area (Å²) in [4.78, 5) is 15.4. The predicted molar refractivity (Wildman–Crippen MR) is 527 cm³/mol. The number of aliphatic hydroxyl groups is 2. The normalized spacial score (nSPS) is 25.2.